The zero-order chi connectivity index (χ0) is 27.4. The van der Waals surface area contributed by atoms with Crippen LogP contribution in [0.1, 0.15) is 34.8 Å². The van der Waals surface area contributed by atoms with Crippen molar-refractivity contribution in [1.82, 2.24) is 9.88 Å². The number of carbonyl (C=O) groups excluding carboxylic acids is 1. The lowest BCUT2D eigenvalue weighted by Crippen LogP contribution is -2.33. The smallest absolute Gasteiger partial charge is 0.264 e. The van der Waals surface area contributed by atoms with E-state index in [1.807, 2.05) is 39.2 Å². The fraction of sp³-hybridized carbons (Fsp3) is 0.310. The van der Waals surface area contributed by atoms with Gasteiger partial charge in [-0.15, -0.1) is 12.4 Å². The first-order chi connectivity index (χ1) is 18.1. The third kappa shape index (κ3) is 6.78. The van der Waals surface area contributed by atoms with Crippen LogP contribution in [-0.2, 0) is 10.0 Å². The fourth-order valence-corrected chi connectivity index (χ4v) is 7.08. The highest BCUT2D eigenvalue weighted by molar-refractivity contribution is 7.92. The Kier molecular flexibility index (Phi) is 10.1. The van der Waals surface area contributed by atoms with E-state index in [9.17, 15) is 13.2 Å². The lowest BCUT2D eigenvalue weighted by atomic mass is 10.1. The number of halogens is 1. The summed E-state index contributed by atoms with van der Waals surface area (Å²) in [6.07, 6.45) is 0.779. The van der Waals surface area contributed by atoms with Crippen molar-refractivity contribution >= 4 is 60.7 Å². The van der Waals surface area contributed by atoms with E-state index < -0.39 is 10.0 Å². The highest BCUT2D eigenvalue weighted by atomic mass is 35.5. The lowest BCUT2D eigenvalue weighted by Gasteiger charge is -2.23. The minimum Gasteiger partial charge on any atom is -0.309 e. The van der Waals surface area contributed by atoms with E-state index in [0.717, 1.165) is 34.3 Å². The Morgan fingerprint density at radius 1 is 0.949 bits per heavy atom. The van der Waals surface area contributed by atoms with Crippen molar-refractivity contribution in [2.75, 3.05) is 42.9 Å². The molecule has 1 aromatic heterocycles. The number of fused-ring (bicyclic) bond motifs is 1. The Balaban J connectivity index is 0.00000420. The average Bonchev–Trinajstić information content (AvgIpc) is 3.31. The maximum atomic E-state index is 13.7. The molecule has 0 unspecified atom stereocenters. The Labute approximate surface area is 241 Å². The highest BCUT2D eigenvalue weighted by Crippen LogP contribution is 2.33. The standard InChI is InChI=1S/C29H34N4O3S2.ClH/c1-6-33(24-11-8-7-9-12-24)38(35,36)25-15-13-23(14-16-25)28(34)32(18-10-17-31(4)5)29-30-27-22(3)19-21(2)20-26(27)37-29;/h7-9,11-16,19-20H,6,10,17-18H2,1-5H3;1H. The van der Waals surface area contributed by atoms with Crippen LogP contribution in [0.15, 0.2) is 71.6 Å². The van der Waals surface area contributed by atoms with Gasteiger partial charge in [-0.25, -0.2) is 13.4 Å². The number of amides is 1. The molecule has 0 N–H and O–H groups in total. The summed E-state index contributed by atoms with van der Waals surface area (Å²) in [7, 11) is 0.232. The van der Waals surface area contributed by atoms with Gasteiger partial charge in [-0.2, -0.15) is 0 Å². The fourth-order valence-electron chi connectivity index (χ4n) is 4.44. The topological polar surface area (TPSA) is 73.8 Å². The van der Waals surface area contributed by atoms with Gasteiger partial charge in [-0.05, 0) is 101 Å². The van der Waals surface area contributed by atoms with Crippen LogP contribution in [0, 0.1) is 13.8 Å². The Bertz CT molecular complexity index is 1520. The Morgan fingerprint density at radius 3 is 2.23 bits per heavy atom. The van der Waals surface area contributed by atoms with E-state index in [2.05, 4.69) is 24.0 Å². The molecule has 0 radical (unpaired) electrons. The summed E-state index contributed by atoms with van der Waals surface area (Å²) >= 11 is 1.51. The first-order valence-electron chi connectivity index (χ1n) is 12.6. The normalized spacial score (nSPS) is 11.4. The monoisotopic (exact) mass is 586 g/mol. The summed E-state index contributed by atoms with van der Waals surface area (Å²) in [5.41, 5.74) is 4.16. The van der Waals surface area contributed by atoms with Gasteiger partial charge < -0.3 is 4.90 Å². The van der Waals surface area contributed by atoms with Crippen molar-refractivity contribution in [3.8, 4) is 0 Å². The summed E-state index contributed by atoms with van der Waals surface area (Å²) < 4.78 is 29.2. The van der Waals surface area contributed by atoms with Crippen LogP contribution >= 0.6 is 23.7 Å². The third-order valence-electron chi connectivity index (χ3n) is 6.30. The van der Waals surface area contributed by atoms with Crippen LogP contribution in [-0.4, -0.2) is 57.9 Å². The van der Waals surface area contributed by atoms with Crippen LogP contribution in [0.2, 0.25) is 0 Å². The van der Waals surface area contributed by atoms with Crippen LogP contribution < -0.4 is 9.21 Å². The van der Waals surface area contributed by atoms with Gasteiger partial charge in [-0.1, -0.05) is 35.6 Å². The third-order valence-corrected chi connectivity index (χ3v) is 9.24. The minimum absolute atomic E-state index is 0. The van der Waals surface area contributed by atoms with E-state index in [1.54, 1.807) is 36.1 Å². The van der Waals surface area contributed by atoms with Gasteiger partial charge in [0.15, 0.2) is 5.13 Å². The molecule has 0 spiro atoms. The second kappa shape index (κ2) is 12.9. The number of nitrogens with zero attached hydrogens (tertiary/aromatic N) is 4. The summed E-state index contributed by atoms with van der Waals surface area (Å²) in [4.78, 5) is 22.5. The molecule has 0 saturated heterocycles. The predicted molar refractivity (Wildman–Crippen MR) is 164 cm³/mol. The van der Waals surface area contributed by atoms with Crippen molar-refractivity contribution in [2.45, 2.75) is 32.1 Å². The van der Waals surface area contributed by atoms with Gasteiger partial charge in [0.25, 0.3) is 15.9 Å². The second-order valence-electron chi connectivity index (χ2n) is 9.57. The van der Waals surface area contributed by atoms with Crippen molar-refractivity contribution in [1.29, 1.82) is 0 Å². The SMILES string of the molecule is CCN(c1ccccc1)S(=O)(=O)c1ccc(C(=O)N(CCCN(C)C)c2nc3c(C)cc(C)cc3s2)cc1.Cl. The molecule has 4 rings (SSSR count). The van der Waals surface area contributed by atoms with Crippen LogP contribution in [0.25, 0.3) is 10.2 Å². The average molecular weight is 587 g/mol. The lowest BCUT2D eigenvalue weighted by molar-refractivity contribution is 0.0986. The number of sulfonamides is 1. The van der Waals surface area contributed by atoms with Gasteiger partial charge in [0.1, 0.15) is 0 Å². The summed E-state index contributed by atoms with van der Waals surface area (Å²) in [6.45, 7) is 7.52. The summed E-state index contributed by atoms with van der Waals surface area (Å²) in [5.74, 6) is -0.198. The molecule has 0 aliphatic carbocycles. The molecule has 39 heavy (non-hydrogen) atoms. The number of aryl methyl sites for hydroxylation is 2. The molecule has 1 heterocycles. The van der Waals surface area contributed by atoms with Crippen LogP contribution in [0.5, 0.6) is 0 Å². The maximum Gasteiger partial charge on any atom is 0.264 e. The molecule has 3 aromatic carbocycles. The highest BCUT2D eigenvalue weighted by Gasteiger charge is 2.26. The number of hydrogen-bond acceptors (Lipinski definition) is 6. The first kappa shape index (κ1) is 30.6. The van der Waals surface area contributed by atoms with Crippen LogP contribution in [0.3, 0.4) is 0 Å². The van der Waals surface area contributed by atoms with E-state index in [0.29, 0.717) is 29.5 Å². The van der Waals surface area contributed by atoms with Crippen molar-refractivity contribution in [3.63, 3.8) is 0 Å². The number of para-hydroxylation sites is 1. The number of thiazole rings is 1. The molecule has 0 aliphatic heterocycles. The first-order valence-corrected chi connectivity index (χ1v) is 14.9. The molecule has 0 bridgehead atoms. The molecule has 0 saturated carbocycles. The minimum atomic E-state index is -3.78. The molecule has 7 nitrogen and oxygen atoms in total. The second-order valence-corrected chi connectivity index (χ2v) is 12.4. The van der Waals surface area contributed by atoms with Crippen LogP contribution in [0.4, 0.5) is 10.8 Å². The molecule has 0 aliphatic rings. The summed E-state index contributed by atoms with van der Waals surface area (Å²) in [5, 5.41) is 0.649. The van der Waals surface area contributed by atoms with Crippen molar-refractivity contribution in [2.24, 2.45) is 0 Å². The molecular weight excluding hydrogens is 552 g/mol. The molecule has 1 amide bonds. The number of hydrogen-bond donors (Lipinski definition) is 0. The van der Waals surface area contributed by atoms with Crippen molar-refractivity contribution in [3.05, 3.63) is 83.4 Å². The molecule has 4 aromatic rings. The number of benzene rings is 3. The zero-order valence-corrected chi connectivity index (χ0v) is 25.4. The Hall–Kier alpha value is -2.98. The van der Waals surface area contributed by atoms with Gasteiger partial charge in [-0.3, -0.25) is 14.0 Å². The molecular formula is C29H35ClN4O3S2. The number of aromatic nitrogens is 1. The predicted octanol–water partition coefficient (Wildman–Crippen LogP) is 6.15. The number of rotatable bonds is 10. The molecule has 10 heteroatoms. The Morgan fingerprint density at radius 2 is 1.62 bits per heavy atom. The van der Waals surface area contributed by atoms with Gasteiger partial charge in [0, 0.05) is 18.7 Å². The van der Waals surface area contributed by atoms with Crippen molar-refractivity contribution < 1.29 is 13.2 Å². The van der Waals surface area contributed by atoms with Gasteiger partial charge >= 0.3 is 0 Å². The molecule has 0 fully saturated rings. The van der Waals surface area contributed by atoms with E-state index in [-0.39, 0.29) is 23.2 Å². The quantitative estimate of drug-likeness (QED) is 0.223. The van der Waals surface area contributed by atoms with Gasteiger partial charge in [0.2, 0.25) is 0 Å². The molecule has 0 atom stereocenters. The maximum absolute atomic E-state index is 13.7. The van der Waals surface area contributed by atoms with E-state index in [1.165, 1.54) is 27.8 Å². The van der Waals surface area contributed by atoms with E-state index >= 15 is 0 Å². The van der Waals surface area contributed by atoms with E-state index in [4.69, 9.17) is 4.98 Å². The molecule has 208 valence electrons. The number of carbonyl (C=O) groups is 1. The zero-order valence-electron chi connectivity index (χ0n) is 22.9. The van der Waals surface area contributed by atoms with Gasteiger partial charge in [0.05, 0.1) is 20.8 Å². The number of anilines is 2. The summed E-state index contributed by atoms with van der Waals surface area (Å²) in [6, 6.07) is 19.4. The largest absolute Gasteiger partial charge is 0.309 e.